The molecule has 0 aliphatic heterocycles. The monoisotopic (exact) mass is 1500 g/mol. The van der Waals surface area contributed by atoms with Crippen LogP contribution in [0.3, 0.4) is 0 Å². The molecular formula is S47. The highest BCUT2D eigenvalue weighted by atomic mass is 33.5. The lowest BCUT2D eigenvalue weighted by Crippen LogP contribution is -1.41. The summed E-state index contributed by atoms with van der Waals surface area (Å²) in [6, 6.07) is 0. The van der Waals surface area contributed by atoms with Gasteiger partial charge in [-0.15, -0.1) is 0 Å². The van der Waals surface area contributed by atoms with Crippen molar-refractivity contribution in [1.82, 2.24) is 0 Å². The molecule has 0 fully saturated rings. The van der Waals surface area contributed by atoms with Gasteiger partial charge in [0.25, 0.3) is 0 Å². The van der Waals surface area contributed by atoms with Crippen LogP contribution >= 0.6 is 0 Å². The minimum Gasteiger partial charge on any atom is 0 e. The fourth-order valence-corrected chi connectivity index (χ4v) is 118. The molecule has 0 aromatic rings. The standard InChI is InChI=1S/S47/c1-3-5-7-9-11-13-15-17-19-21-23-25-27-29-31-33-35-37-39-41-43-45-47-46-44-42-40-38-36-34-32-30-28-26-24-22-20-18-16-14-12-10-8-6-4-2. The highest BCUT2D eigenvalue weighted by molar-refractivity contribution is 8.82. The van der Waals surface area contributed by atoms with Crippen LogP contribution < -0.4 is 0 Å². The zero-order chi connectivity index (χ0) is 33.8. The summed E-state index contributed by atoms with van der Waals surface area (Å²) in [6.07, 6.45) is 0. The lowest BCUT2D eigenvalue weighted by Gasteiger charge is -1.41. The largest absolute Gasteiger partial charge is 0 e. The lowest BCUT2D eigenvalue weighted by atomic mass is 30.7. The van der Waals surface area contributed by atoms with E-state index < -0.39 is 0 Å². The molecule has 0 atom stereocenters. The minimum absolute atomic E-state index is 1.37. The Labute approximate surface area is 409 Å². The summed E-state index contributed by atoms with van der Waals surface area (Å²) in [7, 11) is 80.2. The summed E-state index contributed by atoms with van der Waals surface area (Å²) in [5.41, 5.74) is 0. The van der Waals surface area contributed by atoms with Crippen LogP contribution in [0.15, 0.2) is 0 Å². The Morgan fingerprint density at radius 3 is 0.234 bits per heavy atom. The normalized spacial score (nSPS) is 7.74. The summed E-state index contributed by atoms with van der Waals surface area (Å²) in [5, 5.41) is 0. The van der Waals surface area contributed by atoms with E-state index in [-0.39, 0.29) is 0 Å². The SMILES string of the molecule is S=S=S=S=S=S=S=S=S=S=S=S=S=S=S=S=S=S=S=S=S=S=S=S=S=S=S=S=S=S=S=S=S=S=S=S=S=S=S=S=S=S=S=S=S=S=S. The third-order valence-corrected chi connectivity index (χ3v) is 99.0. The van der Waals surface area contributed by atoms with Crippen LogP contribution in [0.25, 0.3) is 0 Å². The van der Waals surface area contributed by atoms with E-state index in [2.05, 4.69) is 0 Å². The fourth-order valence-electron chi connectivity index (χ4n) is 0.488. The fraction of sp³-hybridized carbons (Fsp3) is 0. The summed E-state index contributed by atoms with van der Waals surface area (Å²) in [5.74, 6) is 0. The molecule has 0 spiro atoms. The maximum Gasteiger partial charge on any atom is 0 e. The molecule has 0 saturated heterocycles. The first-order chi connectivity index (χ1) is 23.4. The molecule has 0 aromatic carbocycles. The zero-order valence-corrected chi connectivity index (χ0v) is 57.6. The number of hydrogen-bond acceptors (Lipinski definition) is 2. The van der Waals surface area contributed by atoms with Gasteiger partial charge < -0.3 is 0 Å². The van der Waals surface area contributed by atoms with Crippen molar-refractivity contribution in [3.63, 3.8) is 0 Å². The van der Waals surface area contributed by atoms with Crippen LogP contribution in [0, 0.1) is 0 Å². The van der Waals surface area contributed by atoms with E-state index in [9.17, 15) is 0 Å². The molecule has 47 heteroatoms. The molecule has 0 saturated carbocycles. The van der Waals surface area contributed by atoms with Crippen LogP contribution in [0.5, 0.6) is 0 Å². The molecule has 0 rings (SSSR count). The van der Waals surface area contributed by atoms with Gasteiger partial charge >= 0.3 is 0 Å². The second kappa shape index (κ2) is 56.3. The van der Waals surface area contributed by atoms with Crippen molar-refractivity contribution in [1.29, 1.82) is 0 Å². The summed E-state index contributed by atoms with van der Waals surface area (Å²) in [4.78, 5) is 0. The Kier molecular flexibility index (Phi) is 68.7. The van der Waals surface area contributed by atoms with Crippen LogP contribution in [0.4, 0.5) is 0 Å². The molecular weight excluding hydrogens is 1510 g/mol. The van der Waals surface area contributed by atoms with Gasteiger partial charge in [0, 0.05) is 422 Å². The Balaban J connectivity index is 6.07. The molecule has 0 aromatic heterocycles. The van der Waals surface area contributed by atoms with Gasteiger partial charge in [-0.2, -0.15) is 0 Å². The van der Waals surface area contributed by atoms with E-state index >= 15 is 0 Å². The van der Waals surface area contributed by atoms with Gasteiger partial charge in [0.2, 0.25) is 0 Å². The predicted octanol–water partition coefficient (Wildman–Crippen LogP) is -0.113. The second-order valence-electron chi connectivity index (χ2n) is 3.06. The number of hydrogen-bond donors (Lipinski definition) is 0. The lowest BCUT2D eigenvalue weighted by molar-refractivity contribution is 5.95. The highest BCUT2D eigenvalue weighted by Crippen LogP contribution is 1.45. The van der Waals surface area contributed by atoms with Crippen molar-refractivity contribution in [2.75, 3.05) is 0 Å². The van der Waals surface area contributed by atoms with Gasteiger partial charge in [0.1, 0.15) is 0 Å². The summed E-state index contributed by atoms with van der Waals surface area (Å²) < 4.78 is 0. The van der Waals surface area contributed by atoms with Crippen LogP contribution in [-0.4, -0.2) is 0 Å². The third-order valence-electron chi connectivity index (χ3n) is 1.22. The van der Waals surface area contributed by atoms with E-state index in [4.69, 9.17) is 22.4 Å². The van der Waals surface area contributed by atoms with Gasteiger partial charge in [-0.05, 0) is 0 Å². The third kappa shape index (κ3) is 56.3. The molecule has 0 bridgehead atoms. The average Bonchev–Trinajstić information content (AvgIpc) is 3.08. The number of rotatable bonds is 0. The first-order valence-corrected chi connectivity index (χ1v) is 69.0. The van der Waals surface area contributed by atoms with E-state index in [1.807, 2.05) is 275 Å². The molecule has 0 heterocycles. The van der Waals surface area contributed by atoms with Crippen LogP contribution in [0.2, 0.25) is 0 Å². The predicted molar refractivity (Wildman–Crippen MR) is 346 cm³/mol. The summed E-state index contributed by atoms with van der Waals surface area (Å²) >= 11 is 9.62. The van der Waals surface area contributed by atoms with Crippen molar-refractivity contribution in [2.24, 2.45) is 0 Å². The van der Waals surface area contributed by atoms with Gasteiger partial charge in [-0.1, -0.05) is 0 Å². The van der Waals surface area contributed by atoms with Gasteiger partial charge in [0.15, 0.2) is 0 Å². The molecule has 0 N–H and O–H groups in total. The van der Waals surface area contributed by atoms with E-state index in [0.29, 0.717) is 0 Å². The Morgan fingerprint density at radius 1 is 0.106 bits per heavy atom. The quantitative estimate of drug-likeness (QED) is 0.333. The first kappa shape index (κ1) is 57.3. The average molecular weight is 1510 g/mol. The van der Waals surface area contributed by atoms with Crippen molar-refractivity contribution in [3.05, 3.63) is 0 Å². The first-order valence-electron chi connectivity index (χ1n) is 7.67. The van der Waals surface area contributed by atoms with Gasteiger partial charge in [0.05, 0.1) is 0 Å². The van der Waals surface area contributed by atoms with E-state index in [1.54, 1.807) is 107 Å². The van der Waals surface area contributed by atoms with Gasteiger partial charge in [-0.3, -0.25) is 0 Å². The second-order valence-corrected chi connectivity index (χ2v) is 82.7. The van der Waals surface area contributed by atoms with Gasteiger partial charge in [-0.25, -0.2) is 0 Å². The smallest absolute Gasteiger partial charge is 0 e. The maximum atomic E-state index is 4.81. The molecule has 282 valence electrons. The molecule has 0 nitrogen and oxygen atoms in total. The Hall–Kier alpha value is 10.3. The van der Waals surface area contributed by atoms with Crippen molar-refractivity contribution < 1.29 is 0 Å². The Morgan fingerprint density at radius 2 is 0.170 bits per heavy atom. The molecule has 0 amide bonds. The van der Waals surface area contributed by atoms with E-state index in [0.717, 1.165) is 0 Å². The minimum atomic E-state index is 1.37. The summed E-state index contributed by atoms with van der Waals surface area (Å²) in [6.45, 7) is 0. The van der Waals surface area contributed by atoms with E-state index in [1.165, 1.54) is 17.8 Å². The zero-order valence-electron chi connectivity index (χ0n) is 19.2. The molecule has 0 radical (unpaired) electrons. The maximum absolute atomic E-state index is 4.81. The van der Waals surface area contributed by atoms with Crippen LogP contribution in [-0.2, 0) is 422 Å². The highest BCUT2D eigenvalue weighted by Gasteiger charge is 1.45. The van der Waals surface area contributed by atoms with Crippen molar-refractivity contribution >= 4 is 422 Å². The van der Waals surface area contributed by atoms with Crippen LogP contribution in [0.1, 0.15) is 0 Å². The van der Waals surface area contributed by atoms with Crippen molar-refractivity contribution in [2.45, 2.75) is 0 Å². The molecule has 47 heavy (non-hydrogen) atoms. The molecule has 0 aliphatic carbocycles. The molecule has 0 unspecified atom stereocenters. The topological polar surface area (TPSA) is 0 Å². The van der Waals surface area contributed by atoms with Crippen molar-refractivity contribution in [3.8, 4) is 0 Å². The Bertz CT molecular complexity index is 2950. The molecule has 0 aliphatic rings.